The van der Waals surface area contributed by atoms with E-state index >= 15 is 0 Å². The lowest BCUT2D eigenvalue weighted by Gasteiger charge is -2.25. The van der Waals surface area contributed by atoms with Gasteiger partial charge in [0.05, 0.1) is 5.69 Å². The largest absolute Gasteiger partial charge is 0.343 e. The molecular weight excluding hydrogens is 250 g/mol. The van der Waals surface area contributed by atoms with E-state index in [-0.39, 0.29) is 0 Å². The number of aryl methyl sites for hydroxylation is 1. The van der Waals surface area contributed by atoms with Crippen molar-refractivity contribution >= 4 is 5.91 Å². The fourth-order valence-corrected chi connectivity index (χ4v) is 3.29. The molecule has 1 saturated heterocycles. The molecule has 108 valence electrons. The van der Waals surface area contributed by atoms with Gasteiger partial charge >= 0.3 is 0 Å². The molecule has 2 aliphatic rings. The Morgan fingerprint density at radius 1 is 1.35 bits per heavy atom. The minimum atomic E-state index is 0.298. The summed E-state index contributed by atoms with van der Waals surface area (Å²) in [5.41, 5.74) is 2.55. The molecule has 0 aromatic carbocycles. The summed E-state index contributed by atoms with van der Waals surface area (Å²) in [5.74, 6) is 0.298. The normalized spacial score (nSPS) is 21.8. The SMILES string of the molecule is O=C(CCNC1CCCc2cccnc21)N1CCCC1. The maximum absolute atomic E-state index is 12.0. The molecule has 1 N–H and O–H groups in total. The van der Waals surface area contributed by atoms with Crippen LogP contribution in [0, 0.1) is 0 Å². The fraction of sp³-hybridized carbons (Fsp3) is 0.625. The molecule has 1 aliphatic carbocycles. The molecule has 2 heterocycles. The highest BCUT2D eigenvalue weighted by molar-refractivity contribution is 5.76. The van der Waals surface area contributed by atoms with Crippen LogP contribution in [-0.4, -0.2) is 35.4 Å². The zero-order valence-corrected chi connectivity index (χ0v) is 12.0. The van der Waals surface area contributed by atoms with Crippen molar-refractivity contribution in [1.82, 2.24) is 15.2 Å². The Hall–Kier alpha value is -1.42. The van der Waals surface area contributed by atoms with E-state index in [4.69, 9.17) is 0 Å². The lowest BCUT2D eigenvalue weighted by molar-refractivity contribution is -0.130. The summed E-state index contributed by atoms with van der Waals surface area (Å²) in [6.07, 6.45) is 8.28. The van der Waals surface area contributed by atoms with E-state index in [1.165, 1.54) is 30.5 Å². The summed E-state index contributed by atoms with van der Waals surface area (Å²) >= 11 is 0. The monoisotopic (exact) mass is 273 g/mol. The first-order valence-electron chi connectivity index (χ1n) is 7.79. The molecule has 1 amide bonds. The lowest BCUT2D eigenvalue weighted by atomic mass is 9.92. The highest BCUT2D eigenvalue weighted by atomic mass is 16.2. The van der Waals surface area contributed by atoms with Crippen molar-refractivity contribution in [2.75, 3.05) is 19.6 Å². The maximum Gasteiger partial charge on any atom is 0.223 e. The molecule has 1 aromatic heterocycles. The number of hydrogen-bond acceptors (Lipinski definition) is 3. The number of carbonyl (C=O) groups is 1. The van der Waals surface area contributed by atoms with Crippen LogP contribution in [-0.2, 0) is 11.2 Å². The first kappa shape index (κ1) is 13.6. The zero-order valence-electron chi connectivity index (χ0n) is 12.0. The van der Waals surface area contributed by atoms with Gasteiger partial charge in [-0.25, -0.2) is 0 Å². The molecule has 0 saturated carbocycles. The smallest absolute Gasteiger partial charge is 0.223 e. The molecule has 4 nitrogen and oxygen atoms in total. The van der Waals surface area contributed by atoms with E-state index < -0.39 is 0 Å². The number of carbonyl (C=O) groups excluding carboxylic acids is 1. The first-order chi connectivity index (χ1) is 9.84. The summed E-state index contributed by atoms with van der Waals surface area (Å²) in [6.45, 7) is 2.66. The molecular formula is C16H23N3O. The third-order valence-corrected chi connectivity index (χ3v) is 4.38. The number of pyridine rings is 1. The van der Waals surface area contributed by atoms with Crippen molar-refractivity contribution < 1.29 is 4.79 Å². The number of aromatic nitrogens is 1. The van der Waals surface area contributed by atoms with Gasteiger partial charge in [-0.2, -0.15) is 0 Å². The zero-order chi connectivity index (χ0) is 13.8. The molecule has 0 radical (unpaired) electrons. The molecule has 1 fully saturated rings. The van der Waals surface area contributed by atoms with Crippen LogP contribution in [0.1, 0.15) is 49.4 Å². The second-order valence-corrected chi connectivity index (χ2v) is 5.78. The predicted octanol–water partition coefficient (Wildman–Crippen LogP) is 2.06. The number of fused-ring (bicyclic) bond motifs is 1. The van der Waals surface area contributed by atoms with Gasteiger partial charge < -0.3 is 10.2 Å². The molecule has 0 bridgehead atoms. The predicted molar refractivity (Wildman–Crippen MR) is 78.3 cm³/mol. The van der Waals surface area contributed by atoms with Crippen LogP contribution in [0.2, 0.25) is 0 Å². The Kier molecular flexibility index (Phi) is 4.31. The van der Waals surface area contributed by atoms with Crippen molar-refractivity contribution in [1.29, 1.82) is 0 Å². The van der Waals surface area contributed by atoms with E-state index in [9.17, 15) is 4.79 Å². The number of nitrogens with one attached hydrogen (secondary N) is 1. The summed E-state index contributed by atoms with van der Waals surface area (Å²) in [5, 5.41) is 3.52. The molecule has 1 atom stereocenters. The van der Waals surface area contributed by atoms with Crippen LogP contribution in [0.4, 0.5) is 0 Å². The van der Waals surface area contributed by atoms with Gasteiger partial charge in [-0.1, -0.05) is 6.07 Å². The number of nitrogens with zero attached hydrogens (tertiary/aromatic N) is 2. The molecule has 1 unspecified atom stereocenters. The van der Waals surface area contributed by atoms with Crippen molar-refractivity contribution in [2.24, 2.45) is 0 Å². The van der Waals surface area contributed by atoms with E-state index in [0.717, 1.165) is 32.5 Å². The van der Waals surface area contributed by atoms with Gasteiger partial charge in [-0.3, -0.25) is 9.78 Å². The van der Waals surface area contributed by atoms with Crippen LogP contribution >= 0.6 is 0 Å². The van der Waals surface area contributed by atoms with Gasteiger partial charge in [0.15, 0.2) is 0 Å². The van der Waals surface area contributed by atoms with Gasteiger partial charge in [-0.15, -0.1) is 0 Å². The summed E-state index contributed by atoms with van der Waals surface area (Å²) < 4.78 is 0. The Labute approximate surface area is 120 Å². The quantitative estimate of drug-likeness (QED) is 0.913. The van der Waals surface area contributed by atoms with Crippen molar-refractivity contribution in [2.45, 2.75) is 44.6 Å². The fourth-order valence-electron chi connectivity index (χ4n) is 3.29. The molecule has 1 aliphatic heterocycles. The average molecular weight is 273 g/mol. The Morgan fingerprint density at radius 3 is 3.05 bits per heavy atom. The lowest BCUT2D eigenvalue weighted by Crippen LogP contribution is -2.33. The van der Waals surface area contributed by atoms with Gasteiger partial charge in [0.2, 0.25) is 5.91 Å². The summed E-state index contributed by atoms with van der Waals surface area (Å²) in [7, 11) is 0. The molecule has 0 spiro atoms. The number of amides is 1. The average Bonchev–Trinajstić information content (AvgIpc) is 3.02. The topological polar surface area (TPSA) is 45.2 Å². The van der Waals surface area contributed by atoms with E-state index in [2.05, 4.69) is 16.4 Å². The van der Waals surface area contributed by atoms with Gasteiger partial charge in [0.1, 0.15) is 0 Å². The van der Waals surface area contributed by atoms with E-state index in [1.807, 2.05) is 17.2 Å². The van der Waals surface area contributed by atoms with Crippen molar-refractivity contribution in [3.8, 4) is 0 Å². The van der Waals surface area contributed by atoms with Gasteiger partial charge in [0, 0.05) is 38.3 Å². The minimum absolute atomic E-state index is 0.298. The number of likely N-dealkylation sites (tertiary alicyclic amines) is 1. The van der Waals surface area contributed by atoms with Gasteiger partial charge in [-0.05, 0) is 43.7 Å². The second kappa shape index (κ2) is 6.35. The molecule has 4 heteroatoms. The molecule has 20 heavy (non-hydrogen) atoms. The van der Waals surface area contributed by atoms with E-state index in [0.29, 0.717) is 18.4 Å². The molecule has 1 aromatic rings. The van der Waals surface area contributed by atoms with Crippen molar-refractivity contribution in [3.05, 3.63) is 29.6 Å². The second-order valence-electron chi connectivity index (χ2n) is 5.78. The van der Waals surface area contributed by atoms with Crippen LogP contribution in [0.3, 0.4) is 0 Å². The third-order valence-electron chi connectivity index (χ3n) is 4.38. The van der Waals surface area contributed by atoms with Crippen LogP contribution in [0.25, 0.3) is 0 Å². The van der Waals surface area contributed by atoms with E-state index in [1.54, 1.807) is 0 Å². The van der Waals surface area contributed by atoms with Gasteiger partial charge in [0.25, 0.3) is 0 Å². The van der Waals surface area contributed by atoms with Crippen LogP contribution < -0.4 is 5.32 Å². The van der Waals surface area contributed by atoms with Crippen molar-refractivity contribution in [3.63, 3.8) is 0 Å². The maximum atomic E-state index is 12.0. The molecule has 3 rings (SSSR count). The first-order valence-corrected chi connectivity index (χ1v) is 7.79. The minimum Gasteiger partial charge on any atom is -0.343 e. The standard InChI is InChI=1S/C16H23N3O/c20-15(19-11-1-2-12-19)8-10-17-14-7-3-5-13-6-4-9-18-16(13)14/h4,6,9,14,17H,1-3,5,7-8,10-12H2. The van der Waals surface area contributed by atoms with Crippen LogP contribution in [0.5, 0.6) is 0 Å². The third kappa shape index (κ3) is 3.01. The Balaban J connectivity index is 1.50. The number of hydrogen-bond donors (Lipinski definition) is 1. The number of rotatable bonds is 4. The summed E-state index contributed by atoms with van der Waals surface area (Å²) in [4.78, 5) is 18.5. The summed E-state index contributed by atoms with van der Waals surface area (Å²) in [6, 6.07) is 4.51. The highest BCUT2D eigenvalue weighted by Crippen LogP contribution is 2.27. The Morgan fingerprint density at radius 2 is 2.20 bits per heavy atom. The van der Waals surface area contributed by atoms with Crippen LogP contribution in [0.15, 0.2) is 18.3 Å². The Bertz CT molecular complexity index is 469. The highest BCUT2D eigenvalue weighted by Gasteiger charge is 2.22.